The van der Waals surface area contributed by atoms with Crippen LogP contribution in [-0.2, 0) is 23.9 Å². The van der Waals surface area contributed by atoms with Gasteiger partial charge in [-0.25, -0.2) is 29.3 Å². The Morgan fingerprint density at radius 3 is 1.91 bits per heavy atom. The van der Waals surface area contributed by atoms with E-state index in [1.165, 1.54) is 7.11 Å². The monoisotopic (exact) mass is 930 g/mol. The van der Waals surface area contributed by atoms with Crippen LogP contribution in [0.25, 0.3) is 44.8 Å². The summed E-state index contributed by atoms with van der Waals surface area (Å²) in [6, 6.07) is 12.8. The molecule has 3 aromatic heterocycles. The lowest BCUT2D eigenvalue weighted by Crippen LogP contribution is -2.51. The molecule has 0 bridgehead atoms. The number of nitrogens with zero attached hydrogens (tertiary/aromatic N) is 6. The van der Waals surface area contributed by atoms with E-state index >= 15 is 0 Å². The first-order valence-electron chi connectivity index (χ1n) is 22.3. The van der Waals surface area contributed by atoms with Crippen LogP contribution in [0.2, 0.25) is 0 Å². The Labute approximate surface area is 383 Å². The van der Waals surface area contributed by atoms with E-state index in [9.17, 15) is 32.3 Å². The van der Waals surface area contributed by atoms with Crippen LogP contribution in [0.15, 0.2) is 61.1 Å². The molecule has 3 aliphatic rings. The molecule has 67 heavy (non-hydrogen) atoms. The van der Waals surface area contributed by atoms with E-state index in [1.54, 1.807) is 23.5 Å². The SMILES string of the molecule is CCC(C)[C@H](OC(N)=O)C(=O)N1CCC[C@H]1c1ncc(-c2ccc(-c3cnc4cc(-c5cnc([C@@H]6CCCN6C(=O)C(NC(=O)OC)C6CCCC6)[nH]5)ccc4n3)cc2)[nH]1.O=C(O)C(F)(F)F. The highest BCUT2D eigenvalue weighted by atomic mass is 19.4. The van der Waals surface area contributed by atoms with Crippen molar-refractivity contribution in [3.8, 4) is 33.8 Å². The highest BCUT2D eigenvalue weighted by Gasteiger charge is 2.42. The number of aliphatic carboxylic acids is 1. The summed E-state index contributed by atoms with van der Waals surface area (Å²) in [5.74, 6) is -1.77. The summed E-state index contributed by atoms with van der Waals surface area (Å²) < 4.78 is 41.9. The zero-order valence-corrected chi connectivity index (χ0v) is 37.2. The van der Waals surface area contributed by atoms with Gasteiger partial charge in [0.1, 0.15) is 17.7 Å². The number of carboxylic acids is 1. The lowest BCUT2D eigenvalue weighted by molar-refractivity contribution is -0.192. The second kappa shape index (κ2) is 20.6. The molecule has 356 valence electrons. The Kier molecular flexibility index (Phi) is 14.7. The van der Waals surface area contributed by atoms with E-state index in [0.717, 1.165) is 96.2 Å². The minimum absolute atomic E-state index is 0.0818. The molecule has 21 heteroatoms. The number of aromatic nitrogens is 6. The third-order valence-electron chi connectivity index (χ3n) is 12.7. The lowest BCUT2D eigenvalue weighted by Gasteiger charge is -2.31. The first-order valence-corrected chi connectivity index (χ1v) is 22.3. The minimum atomic E-state index is -5.08. The standard InChI is InChI=1S/C44H52N10O6.C2HF3O2/c1-4-25(2)38(60-43(45)57)42(56)54-20-8-12-36(54)40-47-23-33(50-40)27-15-13-26(14-16-27)32-22-46-31-21-29(17-18-30(31)49-32)34-24-48-39(51-34)35-11-7-19-53(35)41(55)37(52-44(58)59-3)28-9-5-6-10-28;3-2(4,5)1(6)7/h13-18,21-25,28,35-38H,4-12,19-20H2,1-3H3,(H2,45,57)(H,47,50)(H,48,51)(H,52,58);(H,6,7)/t25?,35-,36-,37?,38-;/m0./s1. The maximum absolute atomic E-state index is 13.9. The summed E-state index contributed by atoms with van der Waals surface area (Å²) >= 11 is 0. The second-order valence-electron chi connectivity index (χ2n) is 17.0. The Hall–Kier alpha value is -7.06. The molecule has 5 aromatic rings. The maximum atomic E-state index is 13.9. The number of aromatic amines is 2. The number of carboxylic acid groups (broad SMARTS) is 1. The van der Waals surface area contributed by atoms with Crippen LogP contribution in [0, 0.1) is 11.8 Å². The topological polar surface area (TPSA) is 252 Å². The normalized spacial score (nSPS) is 18.8. The molecular weight excluding hydrogens is 878 g/mol. The molecule has 0 spiro atoms. The molecule has 1 saturated carbocycles. The van der Waals surface area contributed by atoms with Crippen molar-refractivity contribution in [2.45, 2.75) is 102 Å². The number of carbonyl (C=O) groups is 5. The van der Waals surface area contributed by atoms with Crippen molar-refractivity contribution in [2.24, 2.45) is 17.6 Å². The molecule has 1 aliphatic carbocycles. The average molecular weight is 931 g/mol. The minimum Gasteiger partial charge on any atom is -0.475 e. The zero-order chi connectivity index (χ0) is 48.0. The number of amides is 4. The fourth-order valence-corrected chi connectivity index (χ4v) is 9.02. The molecule has 8 rings (SSSR count). The third kappa shape index (κ3) is 11.0. The smallest absolute Gasteiger partial charge is 0.475 e. The van der Waals surface area contributed by atoms with Gasteiger partial charge >= 0.3 is 24.3 Å². The molecule has 4 amide bonds. The van der Waals surface area contributed by atoms with E-state index in [0.29, 0.717) is 31.2 Å². The number of hydrogen-bond acceptors (Lipinski definition) is 11. The molecule has 2 unspecified atom stereocenters. The lowest BCUT2D eigenvalue weighted by atomic mass is 9.96. The number of benzene rings is 2. The zero-order valence-electron chi connectivity index (χ0n) is 37.2. The number of imidazole rings is 2. The fraction of sp³-hybridized carbons (Fsp3) is 0.457. The Bertz CT molecular complexity index is 2580. The fourth-order valence-electron chi connectivity index (χ4n) is 9.02. The number of H-pyrrole nitrogens is 2. The summed E-state index contributed by atoms with van der Waals surface area (Å²) in [5, 5.41) is 9.96. The van der Waals surface area contributed by atoms with E-state index in [4.69, 9.17) is 40.1 Å². The molecular formula is C46H53F3N10O8. The summed E-state index contributed by atoms with van der Waals surface area (Å²) in [7, 11) is 1.32. The number of alkyl halides is 3. The van der Waals surface area contributed by atoms with Gasteiger partial charge in [-0.05, 0) is 68.6 Å². The number of alkyl carbamates (subject to hydrolysis) is 1. The summed E-state index contributed by atoms with van der Waals surface area (Å²) in [6.07, 6.45) is 5.51. The van der Waals surface area contributed by atoms with Gasteiger partial charge in [0.2, 0.25) is 5.91 Å². The number of carbonyl (C=O) groups excluding carboxylic acids is 4. The van der Waals surface area contributed by atoms with Gasteiger partial charge in [-0.1, -0.05) is 57.0 Å². The van der Waals surface area contributed by atoms with Crippen LogP contribution >= 0.6 is 0 Å². The van der Waals surface area contributed by atoms with Crippen molar-refractivity contribution in [1.29, 1.82) is 0 Å². The number of halogens is 3. The van der Waals surface area contributed by atoms with Crippen molar-refractivity contribution in [1.82, 2.24) is 45.0 Å². The third-order valence-corrected chi connectivity index (χ3v) is 12.7. The second-order valence-corrected chi connectivity index (χ2v) is 17.0. The predicted molar refractivity (Wildman–Crippen MR) is 236 cm³/mol. The van der Waals surface area contributed by atoms with Gasteiger partial charge in [-0.15, -0.1) is 0 Å². The molecule has 2 saturated heterocycles. The van der Waals surface area contributed by atoms with Crippen LogP contribution in [0.3, 0.4) is 0 Å². The van der Waals surface area contributed by atoms with Crippen LogP contribution in [0.1, 0.15) is 95.4 Å². The Morgan fingerprint density at radius 1 is 0.806 bits per heavy atom. The van der Waals surface area contributed by atoms with Gasteiger partial charge in [0, 0.05) is 30.1 Å². The van der Waals surface area contributed by atoms with Crippen molar-refractivity contribution in [3.05, 3.63) is 72.7 Å². The predicted octanol–water partition coefficient (Wildman–Crippen LogP) is 7.46. The van der Waals surface area contributed by atoms with E-state index in [-0.39, 0.29) is 35.7 Å². The van der Waals surface area contributed by atoms with Crippen LogP contribution < -0.4 is 11.1 Å². The summed E-state index contributed by atoms with van der Waals surface area (Å²) in [5.41, 5.74) is 11.9. The molecule has 3 fully saturated rings. The number of ether oxygens (including phenoxy) is 2. The highest BCUT2D eigenvalue weighted by Crippen LogP contribution is 2.37. The molecule has 0 radical (unpaired) electrons. The number of nitrogens with two attached hydrogens (primary N) is 1. The summed E-state index contributed by atoms with van der Waals surface area (Å²) in [6.45, 7) is 4.97. The molecule has 18 nitrogen and oxygen atoms in total. The molecule has 5 heterocycles. The number of primary amides is 1. The van der Waals surface area contributed by atoms with Gasteiger partial charge in [0.15, 0.2) is 6.10 Å². The van der Waals surface area contributed by atoms with Gasteiger partial charge in [0.05, 0.1) is 65.9 Å². The first-order chi connectivity index (χ1) is 32.1. The van der Waals surface area contributed by atoms with E-state index in [1.807, 2.05) is 61.2 Å². The highest BCUT2D eigenvalue weighted by molar-refractivity contribution is 5.87. The number of likely N-dealkylation sites (tertiary alicyclic amines) is 2. The number of methoxy groups -OCH3 is 1. The quantitative estimate of drug-likeness (QED) is 0.0818. The van der Waals surface area contributed by atoms with Crippen molar-refractivity contribution < 1.29 is 51.7 Å². The van der Waals surface area contributed by atoms with E-state index < -0.39 is 36.5 Å². The van der Waals surface area contributed by atoms with Crippen LogP contribution in [-0.4, -0.2) is 113 Å². The maximum Gasteiger partial charge on any atom is 0.490 e. The number of fused-ring (bicyclic) bond motifs is 1. The molecule has 6 N–H and O–H groups in total. The van der Waals surface area contributed by atoms with Crippen molar-refractivity contribution in [3.63, 3.8) is 0 Å². The van der Waals surface area contributed by atoms with Gasteiger partial charge in [0.25, 0.3) is 5.91 Å². The van der Waals surface area contributed by atoms with Crippen LogP contribution in [0.5, 0.6) is 0 Å². The van der Waals surface area contributed by atoms with Gasteiger partial charge < -0.3 is 45.4 Å². The van der Waals surface area contributed by atoms with Crippen molar-refractivity contribution >= 4 is 41.0 Å². The molecule has 5 atom stereocenters. The van der Waals surface area contributed by atoms with Gasteiger partial charge in [-0.3, -0.25) is 14.6 Å². The van der Waals surface area contributed by atoms with Gasteiger partial charge in [-0.2, -0.15) is 13.2 Å². The molecule has 2 aliphatic heterocycles. The largest absolute Gasteiger partial charge is 0.490 e. The number of rotatable bonds is 12. The summed E-state index contributed by atoms with van der Waals surface area (Å²) in [4.78, 5) is 89.7. The van der Waals surface area contributed by atoms with E-state index in [2.05, 4.69) is 20.3 Å². The number of hydrogen-bond donors (Lipinski definition) is 5. The Morgan fingerprint density at radius 2 is 1.36 bits per heavy atom. The first kappa shape index (κ1) is 47.9. The van der Waals surface area contributed by atoms with Crippen molar-refractivity contribution in [2.75, 3.05) is 20.2 Å². The Balaban J connectivity index is 0.000000883. The van der Waals surface area contributed by atoms with Crippen LogP contribution in [0.4, 0.5) is 22.8 Å². The number of nitrogens with one attached hydrogen (secondary N) is 3. The average Bonchev–Trinajstić information content (AvgIpc) is 4.18. The molecule has 2 aromatic carbocycles.